The average molecular weight is 199 g/mol. The smallest absolute Gasteiger partial charge is 0.0221 e. The topological polar surface area (TPSA) is 32.5 Å². The van der Waals surface area contributed by atoms with Crippen LogP contribution in [0.4, 0.5) is 0 Å². The van der Waals surface area contributed by atoms with E-state index in [4.69, 9.17) is 5.73 Å². The van der Waals surface area contributed by atoms with Crippen LogP contribution in [0.5, 0.6) is 0 Å². The highest BCUT2D eigenvalue weighted by atomic mass is 15.2. The van der Waals surface area contributed by atoms with Crippen LogP contribution in [0.15, 0.2) is 0 Å². The minimum atomic E-state index is 0.684. The molecule has 0 aromatic rings. The van der Waals surface area contributed by atoms with E-state index in [0.717, 1.165) is 19.1 Å². The van der Waals surface area contributed by atoms with E-state index in [2.05, 4.69) is 30.7 Å². The number of rotatable bonds is 4. The van der Waals surface area contributed by atoms with Gasteiger partial charge in [-0.3, -0.25) is 4.90 Å². The lowest BCUT2D eigenvalue weighted by Gasteiger charge is -2.39. The molecule has 0 amide bonds. The van der Waals surface area contributed by atoms with Crippen molar-refractivity contribution in [1.29, 1.82) is 0 Å². The van der Waals surface area contributed by atoms with Crippen LogP contribution in [-0.4, -0.2) is 55.1 Å². The van der Waals surface area contributed by atoms with Crippen molar-refractivity contribution < 1.29 is 0 Å². The fourth-order valence-electron chi connectivity index (χ4n) is 2.20. The summed E-state index contributed by atoms with van der Waals surface area (Å²) in [5.41, 5.74) is 5.58. The van der Waals surface area contributed by atoms with Crippen molar-refractivity contribution in [3.63, 3.8) is 0 Å². The van der Waals surface area contributed by atoms with Crippen molar-refractivity contribution >= 4 is 0 Å². The van der Waals surface area contributed by atoms with Crippen molar-refractivity contribution in [3.05, 3.63) is 0 Å². The van der Waals surface area contributed by atoms with Gasteiger partial charge in [0.25, 0.3) is 0 Å². The quantitative estimate of drug-likeness (QED) is 0.725. The molecule has 1 atom stereocenters. The highest BCUT2D eigenvalue weighted by Crippen LogP contribution is 2.16. The summed E-state index contributed by atoms with van der Waals surface area (Å²) in [6.07, 6.45) is 2.66. The standard InChI is InChI=1S/C11H25N3/c1-10(2)14-7-4-5-11(9-14)13(3)8-6-12/h10-11H,4-9,12H2,1-3H3. The molecule has 1 aliphatic heterocycles. The predicted molar refractivity (Wildman–Crippen MR) is 61.4 cm³/mol. The van der Waals surface area contributed by atoms with Crippen LogP contribution in [0.2, 0.25) is 0 Å². The van der Waals surface area contributed by atoms with Crippen molar-refractivity contribution in [2.24, 2.45) is 5.73 Å². The summed E-state index contributed by atoms with van der Waals surface area (Å²) in [6, 6.07) is 1.40. The van der Waals surface area contributed by atoms with Gasteiger partial charge >= 0.3 is 0 Å². The summed E-state index contributed by atoms with van der Waals surface area (Å²) in [5, 5.41) is 0. The van der Waals surface area contributed by atoms with E-state index in [9.17, 15) is 0 Å². The molecule has 3 nitrogen and oxygen atoms in total. The van der Waals surface area contributed by atoms with Crippen LogP contribution in [0.1, 0.15) is 26.7 Å². The number of nitrogens with zero attached hydrogens (tertiary/aromatic N) is 2. The van der Waals surface area contributed by atoms with Gasteiger partial charge < -0.3 is 10.6 Å². The minimum absolute atomic E-state index is 0.684. The molecule has 0 aromatic heterocycles. The third kappa shape index (κ3) is 3.23. The van der Waals surface area contributed by atoms with Crippen LogP contribution >= 0.6 is 0 Å². The second-order valence-corrected chi connectivity index (χ2v) is 4.65. The van der Waals surface area contributed by atoms with E-state index in [-0.39, 0.29) is 0 Å². The van der Waals surface area contributed by atoms with Crippen molar-refractivity contribution in [1.82, 2.24) is 9.80 Å². The molecule has 0 radical (unpaired) electrons. The average Bonchev–Trinajstić information content (AvgIpc) is 2.18. The van der Waals surface area contributed by atoms with Gasteiger partial charge in [-0.2, -0.15) is 0 Å². The lowest BCUT2D eigenvalue weighted by Crippen LogP contribution is -2.49. The van der Waals surface area contributed by atoms with Crippen molar-refractivity contribution in [2.75, 3.05) is 33.2 Å². The maximum absolute atomic E-state index is 5.58. The van der Waals surface area contributed by atoms with Crippen LogP contribution in [-0.2, 0) is 0 Å². The van der Waals surface area contributed by atoms with E-state index in [0.29, 0.717) is 6.04 Å². The Hall–Kier alpha value is -0.120. The Bertz CT molecular complexity index is 159. The maximum atomic E-state index is 5.58. The number of piperidine rings is 1. The molecule has 0 spiro atoms. The Morgan fingerprint density at radius 3 is 2.79 bits per heavy atom. The first-order chi connectivity index (χ1) is 6.65. The van der Waals surface area contributed by atoms with Gasteiger partial charge in [0.05, 0.1) is 0 Å². The second kappa shape index (κ2) is 5.69. The molecule has 0 aliphatic carbocycles. The molecule has 1 heterocycles. The zero-order chi connectivity index (χ0) is 10.6. The molecule has 1 aliphatic rings. The van der Waals surface area contributed by atoms with E-state index in [1.54, 1.807) is 0 Å². The maximum Gasteiger partial charge on any atom is 0.0221 e. The van der Waals surface area contributed by atoms with Crippen LogP contribution in [0, 0.1) is 0 Å². The normalized spacial score (nSPS) is 24.9. The Labute approximate surface area is 88.2 Å². The van der Waals surface area contributed by atoms with E-state index in [1.807, 2.05) is 0 Å². The third-order valence-electron chi connectivity index (χ3n) is 3.26. The number of likely N-dealkylation sites (tertiary alicyclic amines) is 1. The molecule has 0 bridgehead atoms. The van der Waals surface area contributed by atoms with Gasteiger partial charge in [0.1, 0.15) is 0 Å². The Morgan fingerprint density at radius 1 is 1.50 bits per heavy atom. The van der Waals surface area contributed by atoms with Gasteiger partial charge in [0.15, 0.2) is 0 Å². The fourth-order valence-corrected chi connectivity index (χ4v) is 2.20. The molecule has 2 N–H and O–H groups in total. The summed E-state index contributed by atoms with van der Waals surface area (Å²) in [5.74, 6) is 0. The molecule has 1 saturated heterocycles. The molecular formula is C11H25N3. The molecule has 14 heavy (non-hydrogen) atoms. The highest BCUT2D eigenvalue weighted by molar-refractivity contribution is 4.80. The molecule has 84 valence electrons. The summed E-state index contributed by atoms with van der Waals surface area (Å²) < 4.78 is 0. The number of nitrogens with two attached hydrogens (primary N) is 1. The van der Waals surface area contributed by atoms with E-state index < -0.39 is 0 Å². The predicted octanol–water partition coefficient (Wildman–Crippen LogP) is 0.750. The van der Waals surface area contributed by atoms with Gasteiger partial charge in [-0.1, -0.05) is 0 Å². The lowest BCUT2D eigenvalue weighted by molar-refractivity contribution is 0.0969. The summed E-state index contributed by atoms with van der Waals surface area (Å²) in [4.78, 5) is 4.98. The van der Waals surface area contributed by atoms with Gasteiger partial charge in [0, 0.05) is 31.7 Å². The lowest BCUT2D eigenvalue weighted by atomic mass is 10.0. The number of likely N-dealkylation sites (N-methyl/N-ethyl adjacent to an activating group) is 1. The van der Waals surface area contributed by atoms with Crippen molar-refractivity contribution in [2.45, 2.75) is 38.8 Å². The van der Waals surface area contributed by atoms with Crippen molar-refractivity contribution in [3.8, 4) is 0 Å². The Kier molecular flexibility index (Phi) is 4.85. The largest absolute Gasteiger partial charge is 0.329 e. The summed E-state index contributed by atoms with van der Waals surface area (Å²) >= 11 is 0. The molecule has 3 heteroatoms. The minimum Gasteiger partial charge on any atom is -0.329 e. The van der Waals surface area contributed by atoms with Crippen LogP contribution in [0.25, 0.3) is 0 Å². The zero-order valence-electron chi connectivity index (χ0n) is 9.87. The zero-order valence-corrected chi connectivity index (χ0v) is 9.87. The van der Waals surface area contributed by atoms with Gasteiger partial charge in [-0.25, -0.2) is 0 Å². The summed E-state index contributed by atoms with van der Waals surface area (Å²) in [6.45, 7) is 8.85. The van der Waals surface area contributed by atoms with Gasteiger partial charge in [-0.15, -0.1) is 0 Å². The second-order valence-electron chi connectivity index (χ2n) is 4.65. The van der Waals surface area contributed by atoms with E-state index >= 15 is 0 Å². The molecule has 1 rings (SSSR count). The molecule has 1 fully saturated rings. The fraction of sp³-hybridized carbons (Fsp3) is 1.00. The highest BCUT2D eigenvalue weighted by Gasteiger charge is 2.23. The van der Waals surface area contributed by atoms with Gasteiger partial charge in [0.2, 0.25) is 0 Å². The number of hydrogen-bond donors (Lipinski definition) is 1. The molecule has 0 aromatic carbocycles. The molecular weight excluding hydrogens is 174 g/mol. The summed E-state index contributed by atoms with van der Waals surface area (Å²) in [7, 11) is 2.20. The first kappa shape index (κ1) is 12.0. The SMILES string of the molecule is CC(C)N1CCCC(N(C)CCN)C1. The van der Waals surface area contributed by atoms with E-state index in [1.165, 1.54) is 25.9 Å². The van der Waals surface area contributed by atoms with Gasteiger partial charge in [-0.05, 0) is 40.3 Å². The number of hydrogen-bond acceptors (Lipinski definition) is 3. The first-order valence-corrected chi connectivity index (χ1v) is 5.79. The molecule has 1 unspecified atom stereocenters. The monoisotopic (exact) mass is 199 g/mol. The Balaban J connectivity index is 2.39. The third-order valence-corrected chi connectivity index (χ3v) is 3.26. The Morgan fingerprint density at radius 2 is 2.21 bits per heavy atom. The van der Waals surface area contributed by atoms with Crippen LogP contribution in [0.3, 0.4) is 0 Å². The van der Waals surface area contributed by atoms with Crippen LogP contribution < -0.4 is 5.73 Å². The molecule has 0 saturated carbocycles. The first-order valence-electron chi connectivity index (χ1n) is 5.79.